The molecule has 1 amide bonds. The molecule has 1 fully saturated rings. The van der Waals surface area contributed by atoms with Gasteiger partial charge in [0.15, 0.2) is 5.78 Å². The van der Waals surface area contributed by atoms with Gasteiger partial charge in [-0.05, 0) is 49.2 Å². The highest BCUT2D eigenvalue weighted by Gasteiger charge is 2.43. The van der Waals surface area contributed by atoms with Crippen LogP contribution in [0.25, 0.3) is 11.4 Å². The largest absolute Gasteiger partial charge is 0.486 e. The van der Waals surface area contributed by atoms with E-state index in [0.29, 0.717) is 60.9 Å². The molecule has 3 heterocycles. The highest BCUT2D eigenvalue weighted by atomic mass is 16.5. The van der Waals surface area contributed by atoms with Gasteiger partial charge in [-0.2, -0.15) is 4.98 Å². The number of ether oxygens (including phenoxy) is 1. The highest BCUT2D eigenvalue weighted by molar-refractivity contribution is 6.01. The van der Waals surface area contributed by atoms with Gasteiger partial charge in [0.2, 0.25) is 11.7 Å². The summed E-state index contributed by atoms with van der Waals surface area (Å²) < 4.78 is 11.4. The number of rotatable bonds is 2. The summed E-state index contributed by atoms with van der Waals surface area (Å²) in [6.07, 6.45) is 1.61. The SMILES string of the molecule is Cc1nc(-c2cccc(C(=O)N3CCC4(CC3)CC(=O)c3cc(C)c(C)cc3O4)c2)no1. The number of hydrogen-bond donors (Lipinski definition) is 0. The summed E-state index contributed by atoms with van der Waals surface area (Å²) >= 11 is 0. The van der Waals surface area contributed by atoms with E-state index in [1.807, 2.05) is 43.0 Å². The lowest BCUT2D eigenvalue weighted by molar-refractivity contribution is -0.00575. The van der Waals surface area contributed by atoms with Crippen LogP contribution in [-0.4, -0.2) is 45.4 Å². The lowest BCUT2D eigenvalue weighted by Gasteiger charge is -2.44. The summed E-state index contributed by atoms with van der Waals surface area (Å²) in [4.78, 5) is 32.1. The van der Waals surface area contributed by atoms with Gasteiger partial charge in [0.1, 0.15) is 11.4 Å². The van der Waals surface area contributed by atoms with Gasteiger partial charge >= 0.3 is 0 Å². The molecule has 0 unspecified atom stereocenters. The molecular formula is C25H25N3O4. The van der Waals surface area contributed by atoms with Crippen LogP contribution in [-0.2, 0) is 0 Å². The second-order valence-electron chi connectivity index (χ2n) is 8.83. The molecule has 0 bridgehead atoms. The molecule has 0 radical (unpaired) electrons. The molecule has 164 valence electrons. The zero-order valence-corrected chi connectivity index (χ0v) is 18.5. The summed E-state index contributed by atoms with van der Waals surface area (Å²) in [5.74, 6) is 1.69. The van der Waals surface area contributed by atoms with E-state index >= 15 is 0 Å². The van der Waals surface area contributed by atoms with Crippen molar-refractivity contribution in [3.8, 4) is 17.1 Å². The number of carbonyl (C=O) groups excluding carboxylic acids is 2. The molecule has 2 aliphatic rings. The molecule has 1 saturated heterocycles. The highest BCUT2D eigenvalue weighted by Crippen LogP contribution is 2.40. The van der Waals surface area contributed by atoms with Crippen LogP contribution in [0, 0.1) is 20.8 Å². The van der Waals surface area contributed by atoms with Crippen molar-refractivity contribution in [2.45, 2.75) is 45.6 Å². The van der Waals surface area contributed by atoms with E-state index in [1.54, 1.807) is 19.1 Å². The summed E-state index contributed by atoms with van der Waals surface area (Å²) in [7, 11) is 0. The molecule has 7 heteroatoms. The number of Topliss-reactive ketones (excluding diaryl/α,β-unsaturated/α-hetero) is 1. The van der Waals surface area contributed by atoms with Crippen LogP contribution < -0.4 is 4.74 Å². The molecule has 0 atom stereocenters. The fourth-order valence-electron chi connectivity index (χ4n) is 4.54. The van der Waals surface area contributed by atoms with Crippen molar-refractivity contribution in [2.24, 2.45) is 0 Å². The van der Waals surface area contributed by atoms with E-state index in [0.717, 1.165) is 16.7 Å². The van der Waals surface area contributed by atoms with Crippen LogP contribution in [0.4, 0.5) is 0 Å². The second kappa shape index (κ2) is 7.58. The number of hydrogen-bond acceptors (Lipinski definition) is 6. The van der Waals surface area contributed by atoms with Crippen molar-refractivity contribution in [1.29, 1.82) is 0 Å². The molecule has 7 nitrogen and oxygen atoms in total. The molecule has 0 saturated carbocycles. The molecule has 1 aromatic heterocycles. The van der Waals surface area contributed by atoms with Crippen molar-refractivity contribution in [3.05, 3.63) is 64.5 Å². The zero-order valence-electron chi connectivity index (χ0n) is 18.5. The molecule has 1 spiro atoms. The van der Waals surface area contributed by atoms with Gasteiger partial charge in [-0.3, -0.25) is 9.59 Å². The van der Waals surface area contributed by atoms with Crippen molar-refractivity contribution in [3.63, 3.8) is 0 Å². The first-order valence-corrected chi connectivity index (χ1v) is 10.9. The Hall–Kier alpha value is -3.48. The zero-order chi connectivity index (χ0) is 22.5. The third-order valence-electron chi connectivity index (χ3n) is 6.56. The first-order valence-electron chi connectivity index (χ1n) is 10.9. The Bertz CT molecular complexity index is 1220. The minimum Gasteiger partial charge on any atom is -0.486 e. The van der Waals surface area contributed by atoms with Gasteiger partial charge < -0.3 is 14.2 Å². The van der Waals surface area contributed by atoms with Gasteiger partial charge in [0.05, 0.1) is 12.0 Å². The third kappa shape index (κ3) is 3.57. The number of ketones is 1. The summed E-state index contributed by atoms with van der Waals surface area (Å²) in [5.41, 5.74) is 3.66. The molecular weight excluding hydrogens is 406 g/mol. The number of amides is 1. The Morgan fingerprint density at radius 2 is 1.81 bits per heavy atom. The molecule has 32 heavy (non-hydrogen) atoms. The smallest absolute Gasteiger partial charge is 0.253 e. The Morgan fingerprint density at radius 1 is 1.06 bits per heavy atom. The van der Waals surface area contributed by atoms with Crippen molar-refractivity contribution >= 4 is 11.7 Å². The Morgan fingerprint density at radius 3 is 2.53 bits per heavy atom. The number of likely N-dealkylation sites (tertiary alicyclic amines) is 1. The number of piperidine rings is 1. The predicted molar refractivity (Wildman–Crippen MR) is 118 cm³/mol. The topological polar surface area (TPSA) is 85.5 Å². The Labute approximate surface area is 186 Å². The van der Waals surface area contributed by atoms with Crippen molar-refractivity contribution < 1.29 is 18.8 Å². The molecule has 2 aromatic carbocycles. The van der Waals surface area contributed by atoms with E-state index in [9.17, 15) is 9.59 Å². The molecule has 0 N–H and O–H groups in total. The van der Waals surface area contributed by atoms with E-state index in [4.69, 9.17) is 9.26 Å². The number of nitrogens with zero attached hydrogens (tertiary/aromatic N) is 3. The lowest BCUT2D eigenvalue weighted by atomic mass is 9.81. The molecule has 5 rings (SSSR count). The maximum atomic E-state index is 13.2. The van der Waals surface area contributed by atoms with Gasteiger partial charge in [-0.15, -0.1) is 0 Å². The number of fused-ring (bicyclic) bond motifs is 1. The van der Waals surface area contributed by atoms with E-state index in [1.165, 1.54) is 0 Å². The van der Waals surface area contributed by atoms with Gasteiger partial charge in [0.25, 0.3) is 5.91 Å². The molecule has 0 aliphatic carbocycles. The normalized spacial score (nSPS) is 17.2. The minimum atomic E-state index is -0.535. The summed E-state index contributed by atoms with van der Waals surface area (Å²) in [6.45, 7) is 6.84. The minimum absolute atomic E-state index is 0.0454. The first-order chi connectivity index (χ1) is 15.3. The van der Waals surface area contributed by atoms with Crippen LogP contribution in [0.15, 0.2) is 40.9 Å². The van der Waals surface area contributed by atoms with Gasteiger partial charge in [-0.25, -0.2) is 0 Å². The fourth-order valence-corrected chi connectivity index (χ4v) is 4.54. The first kappa shape index (κ1) is 20.4. The summed E-state index contributed by atoms with van der Waals surface area (Å²) in [6, 6.07) is 11.2. The third-order valence-corrected chi connectivity index (χ3v) is 6.56. The van der Waals surface area contributed by atoms with Crippen LogP contribution in [0.3, 0.4) is 0 Å². The van der Waals surface area contributed by atoms with Crippen LogP contribution >= 0.6 is 0 Å². The maximum Gasteiger partial charge on any atom is 0.253 e. The second-order valence-corrected chi connectivity index (χ2v) is 8.83. The maximum absolute atomic E-state index is 13.2. The summed E-state index contributed by atoms with van der Waals surface area (Å²) in [5, 5.41) is 3.93. The van der Waals surface area contributed by atoms with Gasteiger partial charge in [-0.1, -0.05) is 17.3 Å². The molecule has 3 aromatic rings. The average Bonchev–Trinajstić information content (AvgIpc) is 3.22. The predicted octanol–water partition coefficient (Wildman–Crippen LogP) is 4.30. The average molecular weight is 431 g/mol. The van der Waals surface area contributed by atoms with Crippen LogP contribution in [0.1, 0.15) is 57.0 Å². The van der Waals surface area contributed by atoms with Crippen molar-refractivity contribution in [1.82, 2.24) is 15.0 Å². The van der Waals surface area contributed by atoms with E-state index in [2.05, 4.69) is 10.1 Å². The number of carbonyl (C=O) groups is 2. The quantitative estimate of drug-likeness (QED) is 0.601. The number of benzene rings is 2. The number of aryl methyl sites for hydroxylation is 3. The fraction of sp³-hybridized carbons (Fsp3) is 0.360. The lowest BCUT2D eigenvalue weighted by Crippen LogP contribution is -2.52. The standard InChI is InChI=1S/C25H25N3O4/c1-15-11-20-21(29)14-25(31-22(20)12-16(15)2)7-9-28(10-8-25)24(30)19-6-4-5-18(13-19)23-26-17(3)32-27-23/h4-6,11-13H,7-10,14H2,1-3H3. The van der Waals surface area contributed by atoms with Crippen molar-refractivity contribution in [2.75, 3.05) is 13.1 Å². The Kier molecular flexibility index (Phi) is 4.84. The Balaban J connectivity index is 1.31. The number of aromatic nitrogens is 2. The van der Waals surface area contributed by atoms with E-state index < -0.39 is 5.60 Å². The van der Waals surface area contributed by atoms with Gasteiger partial charge in [0, 0.05) is 44.0 Å². The van der Waals surface area contributed by atoms with E-state index in [-0.39, 0.29) is 11.7 Å². The monoisotopic (exact) mass is 431 g/mol. The van der Waals surface area contributed by atoms with Crippen LogP contribution in [0.5, 0.6) is 5.75 Å². The molecule has 2 aliphatic heterocycles. The van der Waals surface area contributed by atoms with Crippen LogP contribution in [0.2, 0.25) is 0 Å².